The van der Waals surface area contributed by atoms with Crippen LogP contribution in [0.3, 0.4) is 0 Å². The summed E-state index contributed by atoms with van der Waals surface area (Å²) in [6.45, 7) is 0. The van der Waals surface area contributed by atoms with Crippen molar-refractivity contribution in [2.75, 3.05) is 0 Å². The molecule has 130 valence electrons. The summed E-state index contributed by atoms with van der Waals surface area (Å²) in [6.07, 6.45) is 3.45. The quantitative estimate of drug-likeness (QED) is 0.699. The van der Waals surface area contributed by atoms with Gasteiger partial charge in [0.2, 0.25) is 0 Å². The minimum Gasteiger partial charge on any atom is -0.334 e. The van der Waals surface area contributed by atoms with Gasteiger partial charge in [-0.1, -0.05) is 6.07 Å². The Kier molecular flexibility index (Phi) is 4.04. The first kappa shape index (κ1) is 16.5. The fraction of sp³-hybridized carbons (Fsp3) is 0.0556. The zero-order valence-electron chi connectivity index (χ0n) is 13.5. The van der Waals surface area contributed by atoms with Crippen LogP contribution in [0.25, 0.3) is 17.1 Å². The number of aliphatic imine (C=N–C) groups is 1. The van der Waals surface area contributed by atoms with Crippen molar-refractivity contribution in [2.24, 2.45) is 12.0 Å². The van der Waals surface area contributed by atoms with Crippen LogP contribution in [0, 0.1) is 11.6 Å². The minimum absolute atomic E-state index is 0.0354. The highest BCUT2D eigenvalue weighted by molar-refractivity contribution is 8.18. The number of rotatable bonds is 2. The number of amidine groups is 1. The zero-order chi connectivity index (χ0) is 18.3. The molecule has 1 aliphatic heterocycles. The van der Waals surface area contributed by atoms with Gasteiger partial charge in [0, 0.05) is 13.1 Å². The van der Waals surface area contributed by atoms with Gasteiger partial charge in [-0.25, -0.2) is 18.8 Å². The maximum absolute atomic E-state index is 13.7. The number of benzene rings is 2. The molecule has 0 unspecified atom stereocenters. The molecular weight excluding hydrogens is 358 g/mol. The molecular formula is C18H12F2N4OS. The molecule has 8 heteroatoms. The third-order valence-electron chi connectivity index (χ3n) is 3.83. The lowest BCUT2D eigenvalue weighted by molar-refractivity contribution is -0.115. The number of hydrogen-bond donors (Lipinski definition) is 1. The highest BCUT2D eigenvalue weighted by Crippen LogP contribution is 2.29. The first-order valence-electron chi connectivity index (χ1n) is 7.65. The van der Waals surface area contributed by atoms with Gasteiger partial charge in [-0.2, -0.15) is 0 Å². The predicted molar refractivity (Wildman–Crippen MR) is 97.9 cm³/mol. The summed E-state index contributed by atoms with van der Waals surface area (Å²) >= 11 is 1.10. The van der Waals surface area contributed by atoms with Gasteiger partial charge < -0.3 is 9.88 Å². The summed E-state index contributed by atoms with van der Waals surface area (Å²) in [4.78, 5) is 20.9. The van der Waals surface area contributed by atoms with Crippen LogP contribution in [-0.4, -0.2) is 20.6 Å². The Morgan fingerprint density at radius 3 is 2.88 bits per heavy atom. The number of halogens is 2. The SMILES string of the molecule is Cn1cnc2ccc(/C=C3/SC(=Nc4ccc(F)cc4F)NC3=O)cc21. The number of carbonyl (C=O) groups is 1. The largest absolute Gasteiger partial charge is 0.334 e. The second-order valence-corrected chi connectivity index (χ2v) is 6.71. The summed E-state index contributed by atoms with van der Waals surface area (Å²) in [5, 5.41) is 2.83. The van der Waals surface area contributed by atoms with Crippen LogP contribution in [0.2, 0.25) is 0 Å². The van der Waals surface area contributed by atoms with E-state index in [2.05, 4.69) is 15.3 Å². The average molecular weight is 370 g/mol. The van der Waals surface area contributed by atoms with Crippen LogP contribution in [0.5, 0.6) is 0 Å². The Bertz CT molecular complexity index is 1100. The van der Waals surface area contributed by atoms with Crippen molar-refractivity contribution < 1.29 is 13.6 Å². The molecule has 0 bridgehead atoms. The Labute approximate surface area is 151 Å². The van der Waals surface area contributed by atoms with Crippen molar-refractivity contribution in [3.8, 4) is 0 Å². The molecule has 1 saturated heterocycles. The Morgan fingerprint density at radius 2 is 2.08 bits per heavy atom. The van der Waals surface area contributed by atoms with Crippen LogP contribution in [0.4, 0.5) is 14.5 Å². The molecule has 1 amide bonds. The molecule has 0 saturated carbocycles. The summed E-state index contributed by atoms with van der Waals surface area (Å²) in [6, 6.07) is 8.76. The first-order valence-corrected chi connectivity index (χ1v) is 8.47. The number of hydrogen-bond acceptors (Lipinski definition) is 4. The molecule has 1 aliphatic rings. The van der Waals surface area contributed by atoms with E-state index < -0.39 is 11.6 Å². The molecule has 1 N–H and O–H groups in total. The molecule has 0 spiro atoms. The summed E-state index contributed by atoms with van der Waals surface area (Å²) in [7, 11) is 1.89. The lowest BCUT2D eigenvalue weighted by Crippen LogP contribution is -2.19. The Balaban J connectivity index is 1.63. The number of nitrogens with zero attached hydrogens (tertiary/aromatic N) is 3. The fourth-order valence-electron chi connectivity index (χ4n) is 2.55. The average Bonchev–Trinajstić information content (AvgIpc) is 3.14. The number of nitrogens with one attached hydrogen (secondary N) is 1. The fourth-order valence-corrected chi connectivity index (χ4v) is 3.38. The van der Waals surface area contributed by atoms with Crippen molar-refractivity contribution in [3.05, 3.63) is 64.8 Å². The number of aryl methyl sites for hydroxylation is 1. The zero-order valence-corrected chi connectivity index (χ0v) is 14.3. The Hall–Kier alpha value is -3.00. The number of thioether (sulfide) groups is 1. The van der Waals surface area contributed by atoms with E-state index in [1.807, 2.05) is 29.8 Å². The van der Waals surface area contributed by atoms with Crippen LogP contribution in [-0.2, 0) is 11.8 Å². The van der Waals surface area contributed by atoms with E-state index in [-0.39, 0.29) is 16.8 Å². The van der Waals surface area contributed by atoms with E-state index in [4.69, 9.17) is 0 Å². The second kappa shape index (κ2) is 6.38. The van der Waals surface area contributed by atoms with Gasteiger partial charge in [0.25, 0.3) is 5.91 Å². The topological polar surface area (TPSA) is 59.3 Å². The third kappa shape index (κ3) is 3.11. The second-order valence-electron chi connectivity index (χ2n) is 5.68. The normalized spacial score (nSPS) is 17.4. The summed E-state index contributed by atoms with van der Waals surface area (Å²) in [5.74, 6) is -1.78. The van der Waals surface area contributed by atoms with Gasteiger partial charge >= 0.3 is 0 Å². The van der Waals surface area contributed by atoms with E-state index >= 15 is 0 Å². The van der Waals surface area contributed by atoms with Crippen LogP contribution < -0.4 is 5.32 Å². The van der Waals surface area contributed by atoms with Crippen LogP contribution in [0.15, 0.2) is 52.6 Å². The minimum atomic E-state index is -0.786. The molecule has 2 aromatic carbocycles. The maximum atomic E-state index is 13.7. The van der Waals surface area contributed by atoms with Crippen molar-refractivity contribution in [3.63, 3.8) is 0 Å². The lowest BCUT2D eigenvalue weighted by Gasteiger charge is -1.98. The van der Waals surface area contributed by atoms with Gasteiger partial charge in [0.15, 0.2) is 11.0 Å². The summed E-state index contributed by atoms with van der Waals surface area (Å²) < 4.78 is 28.6. The van der Waals surface area contributed by atoms with Crippen molar-refractivity contribution in [1.29, 1.82) is 0 Å². The molecule has 0 radical (unpaired) electrons. The number of fused-ring (bicyclic) bond motifs is 1. The van der Waals surface area contributed by atoms with E-state index in [1.165, 1.54) is 6.07 Å². The van der Waals surface area contributed by atoms with Crippen LogP contribution >= 0.6 is 11.8 Å². The number of amides is 1. The van der Waals surface area contributed by atoms with Gasteiger partial charge in [-0.15, -0.1) is 0 Å². The third-order valence-corrected chi connectivity index (χ3v) is 4.74. The van der Waals surface area contributed by atoms with Crippen LogP contribution in [0.1, 0.15) is 5.56 Å². The smallest absolute Gasteiger partial charge is 0.264 e. The molecule has 3 aromatic rings. The van der Waals surface area contributed by atoms with Crippen molar-refractivity contribution >= 4 is 45.6 Å². The van der Waals surface area contributed by atoms with E-state index in [1.54, 1.807) is 12.4 Å². The first-order chi connectivity index (χ1) is 12.5. The molecule has 26 heavy (non-hydrogen) atoms. The monoisotopic (exact) mass is 370 g/mol. The number of aromatic nitrogens is 2. The maximum Gasteiger partial charge on any atom is 0.264 e. The predicted octanol–water partition coefficient (Wildman–Crippen LogP) is 3.74. The molecule has 2 heterocycles. The van der Waals surface area contributed by atoms with Crippen molar-refractivity contribution in [1.82, 2.24) is 14.9 Å². The summed E-state index contributed by atoms with van der Waals surface area (Å²) in [5.41, 5.74) is 2.62. The highest BCUT2D eigenvalue weighted by Gasteiger charge is 2.24. The molecule has 1 fully saturated rings. The van der Waals surface area contributed by atoms with E-state index in [0.29, 0.717) is 4.91 Å². The van der Waals surface area contributed by atoms with Gasteiger partial charge in [-0.05, 0) is 47.7 Å². The van der Waals surface area contributed by atoms with Gasteiger partial charge in [0.05, 0.1) is 22.3 Å². The number of carbonyl (C=O) groups excluding carboxylic acids is 1. The van der Waals surface area contributed by atoms with E-state index in [9.17, 15) is 13.6 Å². The number of imidazole rings is 1. The molecule has 5 nitrogen and oxygen atoms in total. The molecule has 0 aliphatic carbocycles. The molecule has 4 rings (SSSR count). The van der Waals surface area contributed by atoms with Gasteiger partial charge in [0.1, 0.15) is 11.5 Å². The van der Waals surface area contributed by atoms with Crippen molar-refractivity contribution in [2.45, 2.75) is 0 Å². The molecule has 0 atom stereocenters. The molecule has 1 aromatic heterocycles. The Morgan fingerprint density at radius 1 is 1.23 bits per heavy atom. The lowest BCUT2D eigenvalue weighted by atomic mass is 10.2. The van der Waals surface area contributed by atoms with E-state index in [0.717, 1.165) is 40.5 Å². The standard InChI is InChI=1S/C18H12F2N4OS/c1-24-9-21-14-4-2-10(6-15(14)24)7-16-17(25)23-18(26-16)22-13-5-3-11(19)8-12(13)20/h2-9H,1H3,(H,22,23,25)/b16-7+. The highest BCUT2D eigenvalue weighted by atomic mass is 32.2. The van der Waals surface area contributed by atoms with Gasteiger partial charge in [-0.3, -0.25) is 4.79 Å².